The fourth-order valence-corrected chi connectivity index (χ4v) is 4.50. The quantitative estimate of drug-likeness (QED) is 0.754. The van der Waals surface area contributed by atoms with E-state index < -0.39 is 0 Å². The molecule has 2 aromatic rings. The number of fused-ring (bicyclic) bond motifs is 2. The highest BCUT2D eigenvalue weighted by Crippen LogP contribution is 2.55. The smallest absolute Gasteiger partial charge is 0.132 e. The number of hydrogen-bond acceptors (Lipinski definition) is 1. The van der Waals surface area contributed by atoms with Crippen molar-refractivity contribution in [2.24, 2.45) is 0 Å². The third-order valence-corrected chi connectivity index (χ3v) is 5.55. The summed E-state index contributed by atoms with van der Waals surface area (Å²) in [5, 5.41) is 0. The highest BCUT2D eigenvalue weighted by atomic mass is 16.1. The Kier molecular flexibility index (Phi) is 2.95. The van der Waals surface area contributed by atoms with E-state index in [4.69, 9.17) is 0 Å². The number of carbonyl (C=O) groups is 1. The van der Waals surface area contributed by atoms with E-state index in [1.807, 2.05) is 0 Å². The van der Waals surface area contributed by atoms with Gasteiger partial charge in [0.05, 0.1) is 0 Å². The second kappa shape index (κ2) is 4.84. The zero-order chi connectivity index (χ0) is 14.3. The van der Waals surface area contributed by atoms with Crippen LogP contribution in [-0.2, 0) is 16.6 Å². The lowest BCUT2D eigenvalue weighted by Gasteiger charge is -2.40. The Hall–Kier alpha value is -1.89. The molecule has 1 saturated carbocycles. The summed E-state index contributed by atoms with van der Waals surface area (Å²) in [5.74, 6) is 0.973. The Morgan fingerprint density at radius 1 is 0.857 bits per heavy atom. The largest absolute Gasteiger partial charge is 0.300 e. The van der Waals surface area contributed by atoms with Gasteiger partial charge in [-0.3, -0.25) is 4.79 Å². The van der Waals surface area contributed by atoms with Crippen LogP contribution in [0.25, 0.3) is 0 Å². The Bertz CT molecular complexity index is 661. The van der Waals surface area contributed by atoms with Gasteiger partial charge in [0.25, 0.3) is 0 Å². The van der Waals surface area contributed by atoms with Gasteiger partial charge in [-0.1, -0.05) is 54.6 Å². The zero-order valence-corrected chi connectivity index (χ0v) is 12.2. The van der Waals surface area contributed by atoms with Crippen LogP contribution in [0.1, 0.15) is 48.3 Å². The van der Waals surface area contributed by atoms with Gasteiger partial charge in [0.2, 0.25) is 0 Å². The van der Waals surface area contributed by atoms with E-state index in [1.54, 1.807) is 0 Å². The van der Waals surface area contributed by atoms with Gasteiger partial charge in [-0.2, -0.15) is 0 Å². The van der Waals surface area contributed by atoms with Crippen LogP contribution >= 0.6 is 0 Å². The third kappa shape index (κ3) is 1.95. The number of rotatable bonds is 1. The Morgan fingerprint density at radius 3 is 2.29 bits per heavy atom. The SMILES string of the molecule is O=C1CCC2(CC1)c1ccccc1CC2c1ccccc1. The number of ketones is 1. The van der Waals surface area contributed by atoms with Crippen LogP contribution in [0, 0.1) is 0 Å². The summed E-state index contributed by atoms with van der Waals surface area (Å²) in [6.45, 7) is 0. The summed E-state index contributed by atoms with van der Waals surface area (Å²) in [5.41, 5.74) is 4.61. The Balaban J connectivity index is 1.83. The maximum absolute atomic E-state index is 11.8. The average molecular weight is 276 g/mol. The summed E-state index contributed by atoms with van der Waals surface area (Å²) in [4.78, 5) is 11.8. The normalized spacial score (nSPS) is 23.2. The van der Waals surface area contributed by atoms with E-state index in [2.05, 4.69) is 54.6 Å². The molecule has 0 heterocycles. The van der Waals surface area contributed by atoms with Crippen LogP contribution in [0.15, 0.2) is 54.6 Å². The molecule has 0 amide bonds. The van der Waals surface area contributed by atoms with Gasteiger partial charge in [0.15, 0.2) is 0 Å². The van der Waals surface area contributed by atoms with E-state index in [0.29, 0.717) is 11.7 Å². The van der Waals surface area contributed by atoms with Gasteiger partial charge >= 0.3 is 0 Å². The molecular weight excluding hydrogens is 256 g/mol. The number of hydrogen-bond donors (Lipinski definition) is 0. The minimum atomic E-state index is 0.186. The summed E-state index contributed by atoms with van der Waals surface area (Å²) < 4.78 is 0. The number of carbonyl (C=O) groups excluding carboxylic acids is 1. The van der Waals surface area contributed by atoms with E-state index in [-0.39, 0.29) is 5.41 Å². The second-order valence-corrected chi connectivity index (χ2v) is 6.52. The predicted molar refractivity (Wildman–Crippen MR) is 84.5 cm³/mol. The summed E-state index contributed by atoms with van der Waals surface area (Å²) in [6, 6.07) is 19.8. The molecule has 2 aliphatic rings. The van der Waals surface area contributed by atoms with Crippen molar-refractivity contribution in [1.82, 2.24) is 0 Å². The average Bonchev–Trinajstić information content (AvgIpc) is 2.86. The van der Waals surface area contributed by atoms with Crippen LogP contribution in [0.2, 0.25) is 0 Å². The number of Topliss-reactive ketones (excluding diaryl/α,β-unsaturated/α-hetero) is 1. The first-order valence-corrected chi connectivity index (χ1v) is 7.95. The van der Waals surface area contributed by atoms with Crippen LogP contribution in [0.5, 0.6) is 0 Å². The minimum absolute atomic E-state index is 0.186. The van der Waals surface area contributed by atoms with Crippen molar-refractivity contribution in [2.75, 3.05) is 0 Å². The van der Waals surface area contributed by atoms with Gasteiger partial charge in [-0.25, -0.2) is 0 Å². The van der Waals surface area contributed by atoms with Gasteiger partial charge < -0.3 is 0 Å². The molecule has 1 spiro atoms. The maximum Gasteiger partial charge on any atom is 0.132 e. The molecule has 1 atom stereocenters. The summed E-state index contributed by atoms with van der Waals surface area (Å²) >= 11 is 0. The molecule has 0 aliphatic heterocycles. The zero-order valence-electron chi connectivity index (χ0n) is 12.2. The maximum atomic E-state index is 11.8. The Morgan fingerprint density at radius 2 is 1.52 bits per heavy atom. The molecule has 1 heteroatoms. The van der Waals surface area contributed by atoms with E-state index in [9.17, 15) is 4.79 Å². The van der Waals surface area contributed by atoms with Crippen molar-refractivity contribution in [2.45, 2.75) is 43.4 Å². The molecule has 0 N–H and O–H groups in total. The van der Waals surface area contributed by atoms with Crippen LogP contribution in [0.3, 0.4) is 0 Å². The molecular formula is C20H20O. The first kappa shape index (κ1) is 12.8. The van der Waals surface area contributed by atoms with Crippen LogP contribution < -0.4 is 0 Å². The molecule has 0 radical (unpaired) electrons. The first-order valence-electron chi connectivity index (χ1n) is 7.95. The molecule has 0 bridgehead atoms. The van der Waals surface area contributed by atoms with Crippen LogP contribution in [-0.4, -0.2) is 5.78 Å². The lowest BCUT2D eigenvalue weighted by molar-refractivity contribution is -0.121. The molecule has 1 nitrogen and oxygen atoms in total. The molecule has 2 aromatic carbocycles. The van der Waals surface area contributed by atoms with Crippen molar-refractivity contribution in [1.29, 1.82) is 0 Å². The minimum Gasteiger partial charge on any atom is -0.300 e. The lowest BCUT2D eigenvalue weighted by Crippen LogP contribution is -2.35. The molecule has 21 heavy (non-hydrogen) atoms. The van der Waals surface area contributed by atoms with Crippen molar-refractivity contribution < 1.29 is 4.79 Å². The monoisotopic (exact) mass is 276 g/mol. The number of benzene rings is 2. The highest BCUT2D eigenvalue weighted by Gasteiger charge is 2.48. The molecule has 106 valence electrons. The summed E-state index contributed by atoms with van der Waals surface area (Å²) in [6.07, 6.45) is 4.65. The van der Waals surface area contributed by atoms with Crippen molar-refractivity contribution >= 4 is 5.78 Å². The van der Waals surface area contributed by atoms with Gasteiger partial charge in [0, 0.05) is 18.3 Å². The molecule has 0 saturated heterocycles. The second-order valence-electron chi connectivity index (χ2n) is 6.52. The van der Waals surface area contributed by atoms with E-state index >= 15 is 0 Å². The standard InChI is InChI=1S/C20H20O/c21-17-10-12-20(13-11-17)18-9-5-4-8-16(18)14-19(20)15-6-2-1-3-7-15/h1-9,19H,10-14H2. The Labute approximate surface area is 126 Å². The van der Waals surface area contributed by atoms with Gasteiger partial charge in [-0.05, 0) is 41.9 Å². The third-order valence-electron chi connectivity index (χ3n) is 5.55. The van der Waals surface area contributed by atoms with Crippen molar-refractivity contribution in [3.63, 3.8) is 0 Å². The van der Waals surface area contributed by atoms with E-state index in [1.165, 1.54) is 16.7 Å². The first-order chi connectivity index (χ1) is 10.3. The predicted octanol–water partition coefficient (Wildman–Crippen LogP) is 4.41. The topological polar surface area (TPSA) is 17.1 Å². The fourth-order valence-electron chi connectivity index (χ4n) is 4.50. The lowest BCUT2D eigenvalue weighted by atomic mass is 9.63. The highest BCUT2D eigenvalue weighted by molar-refractivity contribution is 5.80. The molecule has 2 aliphatic carbocycles. The van der Waals surface area contributed by atoms with Crippen molar-refractivity contribution in [3.05, 3.63) is 71.3 Å². The summed E-state index contributed by atoms with van der Waals surface area (Å²) in [7, 11) is 0. The fraction of sp³-hybridized carbons (Fsp3) is 0.350. The molecule has 4 rings (SSSR count). The molecule has 1 unspecified atom stereocenters. The molecule has 1 fully saturated rings. The molecule has 0 aromatic heterocycles. The van der Waals surface area contributed by atoms with E-state index in [0.717, 1.165) is 32.1 Å². The van der Waals surface area contributed by atoms with Gasteiger partial charge in [0.1, 0.15) is 5.78 Å². The van der Waals surface area contributed by atoms with Crippen LogP contribution in [0.4, 0.5) is 0 Å². The van der Waals surface area contributed by atoms with Crippen molar-refractivity contribution in [3.8, 4) is 0 Å². The van der Waals surface area contributed by atoms with Gasteiger partial charge in [-0.15, -0.1) is 0 Å².